The summed E-state index contributed by atoms with van der Waals surface area (Å²) in [6, 6.07) is 21.2. The van der Waals surface area contributed by atoms with Gasteiger partial charge in [-0.1, -0.05) is 70.9 Å². The number of anilines is 2. The summed E-state index contributed by atoms with van der Waals surface area (Å²) in [5.74, 6) is 0. The van der Waals surface area contributed by atoms with Crippen molar-refractivity contribution in [1.82, 2.24) is 0 Å². The van der Waals surface area contributed by atoms with E-state index in [1.54, 1.807) is 0 Å². The van der Waals surface area contributed by atoms with Gasteiger partial charge in [0.1, 0.15) is 0 Å². The molecule has 0 amide bonds. The van der Waals surface area contributed by atoms with Crippen molar-refractivity contribution in [3.8, 4) is 0 Å². The lowest BCUT2D eigenvalue weighted by Gasteiger charge is -2.27. The van der Waals surface area contributed by atoms with E-state index in [2.05, 4.69) is 111 Å². The largest absolute Gasteiger partial charge is 0.328 e. The first-order valence-corrected chi connectivity index (χ1v) is 11.8. The molecular formula is C27H30N2Si. The quantitative estimate of drug-likeness (QED) is 0.512. The van der Waals surface area contributed by atoms with Crippen LogP contribution in [0.3, 0.4) is 0 Å². The lowest BCUT2D eigenvalue weighted by atomic mass is 10.0. The molecule has 2 radical (unpaired) electrons. The van der Waals surface area contributed by atoms with Crippen molar-refractivity contribution in [2.24, 2.45) is 0 Å². The molecule has 0 spiro atoms. The van der Waals surface area contributed by atoms with E-state index < -0.39 is 0 Å². The van der Waals surface area contributed by atoms with Crippen LogP contribution in [0.15, 0.2) is 67.0 Å². The average molecular weight is 411 g/mol. The van der Waals surface area contributed by atoms with E-state index in [0.29, 0.717) is 0 Å². The third-order valence-corrected chi connectivity index (χ3v) is 7.02. The fraction of sp³-hybridized carbons (Fsp3) is 0.259. The first kappa shape index (κ1) is 20.5. The molecule has 1 aliphatic rings. The van der Waals surface area contributed by atoms with E-state index >= 15 is 0 Å². The van der Waals surface area contributed by atoms with E-state index in [1.165, 1.54) is 49.9 Å². The molecule has 0 saturated carbocycles. The van der Waals surface area contributed by atoms with Crippen molar-refractivity contribution in [3.63, 3.8) is 0 Å². The van der Waals surface area contributed by atoms with Gasteiger partial charge in [0.05, 0.1) is 16.2 Å². The molecule has 0 unspecified atom stereocenters. The smallest absolute Gasteiger partial charge is 0.0989 e. The predicted molar refractivity (Wildman–Crippen MR) is 131 cm³/mol. The zero-order chi connectivity index (χ0) is 21.3. The molecule has 0 aromatic heterocycles. The summed E-state index contributed by atoms with van der Waals surface area (Å²) in [6.07, 6.45) is 4.47. The van der Waals surface area contributed by atoms with Crippen LogP contribution in [0.2, 0.25) is 0 Å². The molecule has 152 valence electrons. The van der Waals surface area contributed by atoms with Crippen LogP contribution < -0.4 is 15.0 Å². The zero-order valence-electron chi connectivity index (χ0n) is 18.7. The molecule has 0 saturated heterocycles. The third kappa shape index (κ3) is 4.22. The van der Waals surface area contributed by atoms with Crippen molar-refractivity contribution >= 4 is 26.1 Å². The Kier molecular flexibility index (Phi) is 5.82. The number of benzene rings is 3. The fourth-order valence-electron chi connectivity index (χ4n) is 4.68. The first-order chi connectivity index (χ1) is 14.4. The Morgan fingerprint density at radius 3 is 1.87 bits per heavy atom. The molecule has 0 bridgehead atoms. The molecule has 0 aliphatic carbocycles. The molecule has 4 rings (SSSR count). The Morgan fingerprint density at radius 1 is 0.700 bits per heavy atom. The first-order valence-electron chi connectivity index (χ1n) is 10.6. The Bertz CT molecular complexity index is 1060. The summed E-state index contributed by atoms with van der Waals surface area (Å²) in [6.45, 7) is 11.9. The summed E-state index contributed by atoms with van der Waals surface area (Å²) < 4.78 is 0. The maximum atomic E-state index is 2.41. The van der Waals surface area contributed by atoms with E-state index in [0.717, 1.165) is 22.2 Å². The van der Waals surface area contributed by atoms with Gasteiger partial charge in [-0.2, -0.15) is 0 Å². The Hall–Kier alpha value is -2.78. The van der Waals surface area contributed by atoms with E-state index in [9.17, 15) is 0 Å². The second-order valence-corrected chi connectivity index (χ2v) is 9.72. The lowest BCUT2D eigenvalue weighted by molar-refractivity contribution is 0.952. The number of hydrogen-bond acceptors (Lipinski definition) is 2. The second-order valence-electron chi connectivity index (χ2n) is 8.44. The van der Waals surface area contributed by atoms with Crippen LogP contribution in [0.1, 0.15) is 33.4 Å². The van der Waals surface area contributed by atoms with E-state index in [4.69, 9.17) is 0 Å². The number of rotatable bonds is 5. The number of nitrogens with zero attached hydrogens (tertiary/aromatic N) is 2. The minimum atomic E-state index is 0.784. The second kappa shape index (κ2) is 8.53. The highest BCUT2D eigenvalue weighted by atomic mass is 28.2. The van der Waals surface area contributed by atoms with Crippen LogP contribution in [0.25, 0.3) is 0 Å². The van der Waals surface area contributed by atoms with Gasteiger partial charge < -0.3 is 9.80 Å². The Balaban J connectivity index is 1.61. The summed E-state index contributed by atoms with van der Waals surface area (Å²) in [4.78, 5) is 4.80. The topological polar surface area (TPSA) is 6.48 Å². The van der Waals surface area contributed by atoms with Crippen molar-refractivity contribution < 1.29 is 0 Å². The van der Waals surface area contributed by atoms with Gasteiger partial charge >= 0.3 is 0 Å². The Morgan fingerprint density at radius 2 is 1.23 bits per heavy atom. The maximum absolute atomic E-state index is 2.41. The highest BCUT2D eigenvalue weighted by Crippen LogP contribution is 2.34. The molecule has 3 aromatic rings. The summed E-state index contributed by atoms with van der Waals surface area (Å²) in [5.41, 5.74) is 10.8. The van der Waals surface area contributed by atoms with Crippen molar-refractivity contribution in [2.75, 3.05) is 16.5 Å². The fourth-order valence-corrected chi connectivity index (χ4v) is 5.77. The summed E-state index contributed by atoms with van der Waals surface area (Å²) >= 11 is 0. The number of aryl methyl sites for hydroxylation is 5. The minimum absolute atomic E-state index is 0.784. The summed E-state index contributed by atoms with van der Waals surface area (Å²) in [7, 11) is 0.784. The van der Waals surface area contributed by atoms with Crippen LogP contribution in [0.5, 0.6) is 0 Å². The molecule has 1 heterocycles. The van der Waals surface area contributed by atoms with E-state index in [1.807, 2.05) is 0 Å². The van der Waals surface area contributed by atoms with Crippen LogP contribution in [-0.2, 0) is 6.04 Å². The molecule has 3 aromatic carbocycles. The van der Waals surface area contributed by atoms with Gasteiger partial charge in [0.15, 0.2) is 0 Å². The predicted octanol–water partition coefficient (Wildman–Crippen LogP) is 5.51. The van der Waals surface area contributed by atoms with Crippen molar-refractivity contribution in [2.45, 2.75) is 40.7 Å². The van der Waals surface area contributed by atoms with Crippen LogP contribution in [0.4, 0.5) is 11.4 Å². The van der Waals surface area contributed by atoms with Gasteiger partial charge in [-0.05, 0) is 62.9 Å². The molecule has 2 nitrogen and oxygen atoms in total. The van der Waals surface area contributed by atoms with Gasteiger partial charge in [-0.25, -0.2) is 0 Å². The highest BCUT2D eigenvalue weighted by Gasteiger charge is 2.22. The normalized spacial score (nSPS) is 13.4. The van der Waals surface area contributed by atoms with Gasteiger partial charge in [0.2, 0.25) is 0 Å². The SMILES string of the molecule is Cc1cc(C)c(N2C=CN(c3c(C)cc(C)cc3C[Si]c3ccccc3)C2)c(C)c1. The third-order valence-electron chi connectivity index (χ3n) is 5.72. The van der Waals surface area contributed by atoms with Gasteiger partial charge in [0.25, 0.3) is 0 Å². The zero-order valence-corrected chi connectivity index (χ0v) is 19.7. The van der Waals surface area contributed by atoms with Gasteiger partial charge in [0, 0.05) is 23.8 Å². The monoisotopic (exact) mass is 410 g/mol. The maximum Gasteiger partial charge on any atom is 0.0989 e. The molecule has 1 aliphatic heterocycles. The summed E-state index contributed by atoms with van der Waals surface area (Å²) in [5, 5.41) is 1.42. The minimum Gasteiger partial charge on any atom is -0.328 e. The van der Waals surface area contributed by atoms with Gasteiger partial charge in [-0.3, -0.25) is 0 Å². The molecule has 0 N–H and O–H groups in total. The molecule has 3 heteroatoms. The molecule has 0 atom stereocenters. The average Bonchev–Trinajstić information content (AvgIpc) is 3.15. The van der Waals surface area contributed by atoms with Crippen molar-refractivity contribution in [3.05, 3.63) is 100 Å². The molecule has 30 heavy (non-hydrogen) atoms. The van der Waals surface area contributed by atoms with Crippen LogP contribution in [-0.4, -0.2) is 16.2 Å². The Labute approximate surface area is 183 Å². The lowest BCUT2D eigenvalue weighted by Crippen LogP contribution is -2.27. The molecular weight excluding hydrogens is 380 g/mol. The molecule has 0 fully saturated rings. The van der Waals surface area contributed by atoms with Gasteiger partial charge in [-0.15, -0.1) is 0 Å². The standard InChI is InChI=1S/C27H30N2Si/c1-19-13-21(3)26(22(4)14-19)28-11-12-29(18-28)27-23(5)15-20(2)16-24(27)17-30-25-9-7-6-8-10-25/h6-16H,17-18H2,1-5H3. The van der Waals surface area contributed by atoms with Crippen LogP contribution in [0, 0.1) is 34.6 Å². The van der Waals surface area contributed by atoms with Crippen LogP contribution >= 0.6 is 0 Å². The van der Waals surface area contributed by atoms with Crippen molar-refractivity contribution in [1.29, 1.82) is 0 Å². The van der Waals surface area contributed by atoms with E-state index in [-0.39, 0.29) is 0 Å². The highest BCUT2D eigenvalue weighted by molar-refractivity contribution is 6.53. The number of hydrogen-bond donors (Lipinski definition) is 0.